The molecule has 0 bridgehead atoms. The number of hydrogen-bond donors (Lipinski definition) is 0. The van der Waals surface area contributed by atoms with Gasteiger partial charge in [0, 0.05) is 0 Å². The second-order valence-electron chi connectivity index (χ2n) is 2.27. The third kappa shape index (κ3) is 1.01. The summed E-state index contributed by atoms with van der Waals surface area (Å²) in [5.74, 6) is 0.709. The van der Waals surface area contributed by atoms with Crippen LogP contribution in [-0.4, -0.2) is 6.03 Å². The zero-order chi connectivity index (χ0) is 8.60. The standard InChI is InChI=1S/C7H5O4P/c8-5-12(9)10-6-3-1-2-4-7(6)11-12/h1-5H. The van der Waals surface area contributed by atoms with E-state index in [4.69, 9.17) is 9.05 Å². The number of carbonyl (C=O) groups is 1. The van der Waals surface area contributed by atoms with Crippen molar-refractivity contribution in [1.82, 2.24) is 0 Å². The number of carbonyl (C=O) groups excluding carboxylic acids is 1. The molecule has 62 valence electrons. The van der Waals surface area contributed by atoms with Crippen LogP contribution >= 0.6 is 7.60 Å². The second kappa shape index (κ2) is 2.35. The van der Waals surface area contributed by atoms with Gasteiger partial charge in [0.1, 0.15) is 0 Å². The van der Waals surface area contributed by atoms with E-state index in [1.165, 1.54) is 0 Å². The minimum atomic E-state index is -3.51. The van der Waals surface area contributed by atoms with Gasteiger partial charge in [-0.15, -0.1) is 0 Å². The normalized spacial score (nSPS) is 17.3. The van der Waals surface area contributed by atoms with Gasteiger partial charge in [-0.25, -0.2) is 4.57 Å². The molecule has 1 aliphatic rings. The van der Waals surface area contributed by atoms with Gasteiger partial charge < -0.3 is 9.05 Å². The van der Waals surface area contributed by atoms with Crippen LogP contribution in [0.3, 0.4) is 0 Å². The Morgan fingerprint density at radius 3 is 2.08 bits per heavy atom. The van der Waals surface area contributed by atoms with E-state index in [2.05, 4.69) is 0 Å². The van der Waals surface area contributed by atoms with Crippen molar-refractivity contribution in [3.63, 3.8) is 0 Å². The molecule has 1 aliphatic heterocycles. The molecule has 0 N–H and O–H groups in total. The molecule has 2 rings (SSSR count). The molecule has 0 saturated heterocycles. The lowest BCUT2D eigenvalue weighted by atomic mass is 10.3. The molecule has 12 heavy (non-hydrogen) atoms. The van der Waals surface area contributed by atoms with E-state index in [0.29, 0.717) is 11.5 Å². The molecule has 0 atom stereocenters. The summed E-state index contributed by atoms with van der Waals surface area (Å²) in [5.41, 5.74) is 0. The number of hydrogen-bond acceptors (Lipinski definition) is 4. The molecule has 5 heteroatoms. The van der Waals surface area contributed by atoms with Crippen LogP contribution in [0.2, 0.25) is 0 Å². The molecule has 0 amide bonds. The Kier molecular flexibility index (Phi) is 1.45. The molecule has 0 unspecified atom stereocenters. The Labute approximate surface area is 68.6 Å². The zero-order valence-electron chi connectivity index (χ0n) is 5.97. The second-order valence-corrected chi connectivity index (χ2v) is 3.93. The van der Waals surface area contributed by atoms with E-state index in [9.17, 15) is 9.36 Å². The topological polar surface area (TPSA) is 52.6 Å². The van der Waals surface area contributed by atoms with Crippen molar-refractivity contribution in [3.8, 4) is 11.5 Å². The van der Waals surface area contributed by atoms with Gasteiger partial charge in [-0.3, -0.25) is 4.79 Å². The molecule has 0 spiro atoms. The highest BCUT2D eigenvalue weighted by molar-refractivity contribution is 7.70. The van der Waals surface area contributed by atoms with E-state index >= 15 is 0 Å². The van der Waals surface area contributed by atoms with Gasteiger partial charge in [0.15, 0.2) is 11.5 Å². The Bertz CT molecular complexity index is 344. The average Bonchev–Trinajstić information content (AvgIpc) is 2.42. The largest absolute Gasteiger partial charge is 0.495 e. The Hall–Kier alpha value is -1.28. The SMILES string of the molecule is O=CP1(=O)Oc2ccccc2O1. The molecule has 0 aliphatic carbocycles. The third-order valence-electron chi connectivity index (χ3n) is 1.43. The van der Waals surface area contributed by atoms with E-state index in [0.717, 1.165) is 0 Å². The van der Waals surface area contributed by atoms with Crippen LogP contribution in [0.15, 0.2) is 24.3 Å². The first-order valence-electron chi connectivity index (χ1n) is 3.28. The van der Waals surface area contributed by atoms with E-state index < -0.39 is 7.60 Å². The lowest BCUT2D eigenvalue weighted by molar-refractivity contribution is 0.440. The molecule has 1 heterocycles. The summed E-state index contributed by atoms with van der Waals surface area (Å²) in [5, 5.41) is 0. The minimum absolute atomic E-state index is 0.201. The predicted octanol–water partition coefficient (Wildman–Crippen LogP) is 1.84. The van der Waals surface area contributed by atoms with Crippen molar-refractivity contribution >= 4 is 13.6 Å². The van der Waals surface area contributed by atoms with Crippen molar-refractivity contribution in [2.75, 3.05) is 0 Å². The molecule has 1 aromatic rings. The smallest absolute Gasteiger partial charge is 0.407 e. The molecular formula is C7H5O4P. The highest BCUT2D eigenvalue weighted by atomic mass is 31.2. The fourth-order valence-electron chi connectivity index (χ4n) is 0.937. The van der Waals surface area contributed by atoms with Gasteiger partial charge in [0.2, 0.25) is 0 Å². The first kappa shape index (κ1) is 7.37. The summed E-state index contributed by atoms with van der Waals surface area (Å²) in [6.07, 6.45) is 0. The van der Waals surface area contributed by atoms with Crippen molar-refractivity contribution < 1.29 is 18.4 Å². The highest BCUT2D eigenvalue weighted by Gasteiger charge is 2.35. The van der Waals surface area contributed by atoms with Crippen molar-refractivity contribution in [2.24, 2.45) is 0 Å². The maximum Gasteiger partial charge on any atom is 0.495 e. The Balaban J connectivity index is 2.46. The third-order valence-corrected chi connectivity index (χ3v) is 2.59. The van der Waals surface area contributed by atoms with Crippen LogP contribution in [0.5, 0.6) is 11.5 Å². The summed E-state index contributed by atoms with van der Waals surface area (Å²) in [6.45, 7) is 0. The summed E-state index contributed by atoms with van der Waals surface area (Å²) < 4.78 is 20.8. The van der Waals surface area contributed by atoms with E-state index in [-0.39, 0.29) is 6.03 Å². The quantitative estimate of drug-likeness (QED) is 0.493. The molecule has 0 aromatic heterocycles. The van der Waals surface area contributed by atoms with Gasteiger partial charge in [-0.1, -0.05) is 12.1 Å². The molecule has 0 radical (unpaired) electrons. The minimum Gasteiger partial charge on any atom is -0.407 e. The summed E-state index contributed by atoms with van der Waals surface area (Å²) >= 11 is 0. The lowest BCUT2D eigenvalue weighted by Crippen LogP contribution is -1.91. The van der Waals surface area contributed by atoms with Crippen LogP contribution in [0.1, 0.15) is 0 Å². The van der Waals surface area contributed by atoms with Crippen LogP contribution in [-0.2, 0) is 9.36 Å². The molecule has 4 nitrogen and oxygen atoms in total. The molecule has 1 aromatic carbocycles. The number of benzene rings is 1. The first-order chi connectivity index (χ1) is 5.73. The summed E-state index contributed by atoms with van der Waals surface area (Å²) in [6, 6.07) is 6.81. The van der Waals surface area contributed by atoms with E-state index in [1.54, 1.807) is 24.3 Å². The molecule has 0 fully saturated rings. The Morgan fingerprint density at radius 1 is 1.17 bits per heavy atom. The van der Waals surface area contributed by atoms with Crippen molar-refractivity contribution in [2.45, 2.75) is 0 Å². The monoisotopic (exact) mass is 184 g/mol. The first-order valence-corrected chi connectivity index (χ1v) is 4.89. The highest BCUT2D eigenvalue weighted by Crippen LogP contribution is 2.55. The number of rotatable bonds is 1. The van der Waals surface area contributed by atoms with Crippen LogP contribution in [0.25, 0.3) is 0 Å². The summed E-state index contributed by atoms with van der Waals surface area (Å²) in [4.78, 5) is 10.3. The van der Waals surface area contributed by atoms with E-state index in [1.807, 2.05) is 0 Å². The van der Waals surface area contributed by atoms with Gasteiger partial charge >= 0.3 is 7.60 Å². The maximum atomic E-state index is 11.2. The summed E-state index contributed by atoms with van der Waals surface area (Å²) in [7, 11) is -3.51. The fourth-order valence-corrected chi connectivity index (χ4v) is 1.91. The van der Waals surface area contributed by atoms with Crippen LogP contribution < -0.4 is 9.05 Å². The number of para-hydroxylation sites is 2. The number of fused-ring (bicyclic) bond motifs is 1. The maximum absolute atomic E-state index is 11.2. The lowest BCUT2D eigenvalue weighted by Gasteiger charge is -1.98. The Morgan fingerprint density at radius 2 is 1.67 bits per heavy atom. The fraction of sp³-hybridized carbons (Fsp3) is 0. The van der Waals surface area contributed by atoms with Gasteiger partial charge in [-0.2, -0.15) is 0 Å². The molecular weight excluding hydrogens is 179 g/mol. The van der Waals surface area contributed by atoms with Gasteiger partial charge in [0.05, 0.1) is 0 Å². The van der Waals surface area contributed by atoms with Crippen molar-refractivity contribution in [1.29, 1.82) is 0 Å². The molecule has 0 saturated carbocycles. The van der Waals surface area contributed by atoms with Gasteiger partial charge in [0.25, 0.3) is 6.03 Å². The zero-order valence-corrected chi connectivity index (χ0v) is 6.86. The van der Waals surface area contributed by atoms with Gasteiger partial charge in [-0.05, 0) is 12.1 Å². The van der Waals surface area contributed by atoms with Crippen LogP contribution in [0.4, 0.5) is 0 Å². The van der Waals surface area contributed by atoms with Crippen LogP contribution in [0, 0.1) is 0 Å². The van der Waals surface area contributed by atoms with Crippen molar-refractivity contribution in [3.05, 3.63) is 24.3 Å². The predicted molar refractivity (Wildman–Crippen MR) is 42.1 cm³/mol. The average molecular weight is 184 g/mol.